The van der Waals surface area contributed by atoms with E-state index in [-0.39, 0.29) is 0 Å². The van der Waals surface area contributed by atoms with Crippen LogP contribution >= 0.6 is 0 Å². The van der Waals surface area contributed by atoms with Gasteiger partial charge in [-0.15, -0.1) is 0 Å². The van der Waals surface area contributed by atoms with Crippen molar-refractivity contribution in [2.75, 3.05) is 20.6 Å². The first-order valence-corrected chi connectivity index (χ1v) is 2.52. The van der Waals surface area contributed by atoms with Gasteiger partial charge in [0.25, 0.3) is 0 Å². The van der Waals surface area contributed by atoms with Gasteiger partial charge in [-0.05, 0) is 6.58 Å². The van der Waals surface area contributed by atoms with Crippen molar-refractivity contribution < 1.29 is 9.28 Å². The van der Waals surface area contributed by atoms with Gasteiger partial charge in [0.15, 0.2) is 6.29 Å². The van der Waals surface area contributed by atoms with Gasteiger partial charge < -0.3 is 0 Å². The molecule has 0 atom stereocenters. The van der Waals surface area contributed by atoms with Gasteiger partial charge in [0.2, 0.25) is 0 Å². The lowest BCUT2D eigenvalue weighted by Crippen LogP contribution is -2.34. The molecule has 0 rings (SSSR count). The molecule has 0 aliphatic rings. The van der Waals surface area contributed by atoms with Gasteiger partial charge in [0.05, 0.1) is 20.3 Å². The van der Waals surface area contributed by atoms with Crippen molar-refractivity contribution in [3.63, 3.8) is 0 Å². The Kier molecular flexibility index (Phi) is 2.42. The molecule has 0 bridgehead atoms. The molecule has 0 aliphatic heterocycles. The van der Waals surface area contributed by atoms with E-state index in [9.17, 15) is 4.79 Å². The van der Waals surface area contributed by atoms with Crippen molar-refractivity contribution in [1.29, 1.82) is 0 Å². The maximum atomic E-state index is 9.92. The molecule has 0 fully saturated rings. The van der Waals surface area contributed by atoms with Crippen molar-refractivity contribution in [3.8, 4) is 0 Å². The average Bonchev–Trinajstić information content (AvgIpc) is 1.67. The van der Waals surface area contributed by atoms with Gasteiger partial charge >= 0.3 is 0 Å². The Morgan fingerprint density at radius 3 is 2.25 bits per heavy atom. The summed E-state index contributed by atoms with van der Waals surface area (Å²) in [4.78, 5) is 9.92. The molecule has 8 heavy (non-hydrogen) atoms. The number of nitrogens with zero attached hydrogens (tertiary/aromatic N) is 1. The fraction of sp³-hybridized carbons (Fsp3) is 0.500. The van der Waals surface area contributed by atoms with Crippen LogP contribution in [0.15, 0.2) is 12.8 Å². The van der Waals surface area contributed by atoms with Gasteiger partial charge in [-0.1, -0.05) is 0 Å². The van der Waals surface area contributed by atoms with Crippen molar-refractivity contribution in [3.05, 3.63) is 12.8 Å². The van der Waals surface area contributed by atoms with Crippen LogP contribution in [0.2, 0.25) is 0 Å². The molecular formula is C6H12NO+. The van der Waals surface area contributed by atoms with Crippen LogP contribution in [0.4, 0.5) is 0 Å². The summed E-state index contributed by atoms with van der Waals surface area (Å²) in [7, 11) is 3.84. The maximum Gasteiger partial charge on any atom is 0.174 e. The van der Waals surface area contributed by atoms with E-state index >= 15 is 0 Å². The van der Waals surface area contributed by atoms with Crippen LogP contribution < -0.4 is 0 Å². The summed E-state index contributed by atoms with van der Waals surface area (Å²) in [5.74, 6) is 0. The minimum Gasteiger partial charge on any atom is -0.297 e. The van der Waals surface area contributed by atoms with E-state index in [1.807, 2.05) is 14.1 Å². The second-order valence-corrected chi connectivity index (χ2v) is 2.31. The molecule has 0 unspecified atom stereocenters. The third-order valence-electron chi connectivity index (χ3n) is 1.04. The van der Waals surface area contributed by atoms with Gasteiger partial charge in [0, 0.05) is 0 Å². The fourth-order valence-electron chi connectivity index (χ4n) is 0.267. The number of quaternary nitrogens is 1. The lowest BCUT2D eigenvalue weighted by molar-refractivity contribution is -0.829. The van der Waals surface area contributed by atoms with E-state index < -0.39 is 0 Å². The number of carbonyl (C=O) groups excluding carboxylic acids is 1. The van der Waals surface area contributed by atoms with E-state index in [2.05, 4.69) is 6.58 Å². The van der Waals surface area contributed by atoms with Gasteiger partial charge in [-0.25, -0.2) is 0 Å². The quantitative estimate of drug-likeness (QED) is 0.383. The molecule has 0 heterocycles. The number of likely N-dealkylation sites (N-methyl/N-ethyl adjacent to an activating group) is 1. The molecule has 0 spiro atoms. The van der Waals surface area contributed by atoms with Crippen LogP contribution in [-0.4, -0.2) is 31.4 Å². The van der Waals surface area contributed by atoms with Crippen LogP contribution in [0.3, 0.4) is 0 Å². The van der Waals surface area contributed by atoms with Crippen LogP contribution in [0.1, 0.15) is 0 Å². The van der Waals surface area contributed by atoms with Crippen molar-refractivity contribution >= 4 is 6.29 Å². The molecule has 0 saturated carbocycles. The predicted octanol–water partition coefficient (Wildman–Crippen LogP) is 0.405. The largest absolute Gasteiger partial charge is 0.297 e. The van der Waals surface area contributed by atoms with Crippen LogP contribution in [0.5, 0.6) is 0 Å². The number of aldehydes is 1. The summed E-state index contributed by atoms with van der Waals surface area (Å²) in [6.45, 7) is 4.07. The molecule has 0 radical (unpaired) electrons. The monoisotopic (exact) mass is 114 g/mol. The Bertz CT molecular complexity index is 96.7. The third kappa shape index (κ3) is 2.53. The smallest absolute Gasteiger partial charge is 0.174 e. The van der Waals surface area contributed by atoms with Gasteiger partial charge in [-0.2, -0.15) is 0 Å². The average molecular weight is 114 g/mol. The highest BCUT2D eigenvalue weighted by Gasteiger charge is 2.06. The van der Waals surface area contributed by atoms with E-state index in [1.165, 1.54) is 0 Å². The first kappa shape index (κ1) is 7.37. The lowest BCUT2D eigenvalue weighted by atomic mass is 10.5. The molecule has 46 valence electrons. The summed E-state index contributed by atoms with van der Waals surface area (Å²) in [6, 6.07) is 0. The second kappa shape index (κ2) is 2.62. The van der Waals surface area contributed by atoms with Crippen LogP contribution in [-0.2, 0) is 4.79 Å². The van der Waals surface area contributed by atoms with Gasteiger partial charge in [0.1, 0.15) is 6.54 Å². The zero-order valence-corrected chi connectivity index (χ0v) is 5.42. The zero-order chi connectivity index (χ0) is 6.62. The lowest BCUT2D eigenvalue weighted by Gasteiger charge is -2.20. The van der Waals surface area contributed by atoms with E-state index in [4.69, 9.17) is 0 Å². The molecule has 0 saturated heterocycles. The number of hydrogen-bond acceptors (Lipinski definition) is 1. The van der Waals surface area contributed by atoms with Crippen molar-refractivity contribution in [1.82, 2.24) is 0 Å². The van der Waals surface area contributed by atoms with Gasteiger partial charge in [-0.3, -0.25) is 9.28 Å². The minimum absolute atomic E-state index is 0.503. The molecule has 0 aliphatic carbocycles. The summed E-state index contributed by atoms with van der Waals surface area (Å²) in [5.41, 5.74) is 0. The summed E-state index contributed by atoms with van der Waals surface area (Å²) >= 11 is 0. The zero-order valence-electron chi connectivity index (χ0n) is 5.42. The number of rotatable bonds is 3. The highest BCUT2D eigenvalue weighted by Crippen LogP contribution is 1.91. The Balaban J connectivity index is 3.70. The third-order valence-corrected chi connectivity index (χ3v) is 1.04. The second-order valence-electron chi connectivity index (χ2n) is 2.31. The first-order valence-electron chi connectivity index (χ1n) is 2.52. The topological polar surface area (TPSA) is 17.1 Å². The Hall–Kier alpha value is -0.630. The molecule has 0 aromatic rings. The summed E-state index contributed by atoms with van der Waals surface area (Å²) in [5, 5.41) is 0. The molecule has 0 aromatic carbocycles. The Labute approximate surface area is 50.0 Å². The van der Waals surface area contributed by atoms with Crippen molar-refractivity contribution in [2.24, 2.45) is 0 Å². The molecule has 2 nitrogen and oxygen atoms in total. The van der Waals surface area contributed by atoms with Crippen LogP contribution in [0.25, 0.3) is 0 Å². The van der Waals surface area contributed by atoms with E-state index in [1.54, 1.807) is 6.20 Å². The predicted molar refractivity (Wildman–Crippen MR) is 33.2 cm³/mol. The fourth-order valence-corrected chi connectivity index (χ4v) is 0.267. The van der Waals surface area contributed by atoms with E-state index in [0.29, 0.717) is 11.0 Å². The number of hydrogen-bond donors (Lipinski definition) is 0. The first-order chi connectivity index (χ1) is 3.62. The molecular weight excluding hydrogens is 102 g/mol. The highest BCUT2D eigenvalue weighted by atomic mass is 16.1. The maximum absolute atomic E-state index is 9.92. The number of carbonyl (C=O) groups is 1. The SMILES string of the molecule is C=C[N+](C)(C)CC=O. The molecule has 0 N–H and O–H groups in total. The normalized spacial score (nSPS) is 10.8. The summed E-state index contributed by atoms with van der Waals surface area (Å²) in [6.07, 6.45) is 2.62. The summed E-state index contributed by atoms with van der Waals surface area (Å²) < 4.78 is 0.559. The molecule has 0 amide bonds. The molecule has 2 heteroatoms. The highest BCUT2D eigenvalue weighted by molar-refractivity contribution is 5.50. The minimum atomic E-state index is 0.503. The van der Waals surface area contributed by atoms with Crippen LogP contribution in [0, 0.1) is 0 Å². The van der Waals surface area contributed by atoms with Crippen molar-refractivity contribution in [2.45, 2.75) is 0 Å². The Morgan fingerprint density at radius 2 is 2.12 bits per heavy atom. The molecule has 0 aromatic heterocycles. The van der Waals surface area contributed by atoms with E-state index in [0.717, 1.165) is 6.29 Å². The standard InChI is InChI=1S/C6H12NO/c1-4-7(2,3)5-6-8/h4,6H,1,5H2,2-3H3/q+1. The Morgan fingerprint density at radius 1 is 1.62 bits per heavy atom.